The number of benzene rings is 1. The van der Waals surface area contributed by atoms with Crippen molar-refractivity contribution in [1.82, 2.24) is 5.32 Å². The minimum absolute atomic E-state index is 0.294. The molecule has 0 aliphatic carbocycles. The number of rotatable bonds is 5. The molecule has 0 aromatic heterocycles. The lowest BCUT2D eigenvalue weighted by atomic mass is 10.1. The number of hydrogen-bond donors (Lipinski definition) is 1. The van der Waals surface area contributed by atoms with E-state index >= 15 is 0 Å². The van der Waals surface area contributed by atoms with E-state index in [-0.39, 0.29) is 0 Å². The normalized spacial score (nSPS) is 22.9. The van der Waals surface area contributed by atoms with Crippen LogP contribution in [0.3, 0.4) is 0 Å². The monoisotopic (exact) mass is 354 g/mol. The van der Waals surface area contributed by atoms with Crippen LogP contribution in [0, 0.1) is 0 Å². The lowest BCUT2D eigenvalue weighted by Crippen LogP contribution is -2.49. The molecule has 1 saturated heterocycles. The molecule has 2 atom stereocenters. The second-order valence-corrected chi connectivity index (χ2v) is 7.08. The van der Waals surface area contributed by atoms with Gasteiger partial charge in [-0.3, -0.25) is 0 Å². The maximum atomic E-state index is 5.83. The predicted octanol–water partition coefficient (Wildman–Crippen LogP) is 3.95. The van der Waals surface area contributed by atoms with Gasteiger partial charge in [0, 0.05) is 29.3 Å². The first-order valence-electron chi connectivity index (χ1n) is 7.91. The number of anilines is 1. The van der Waals surface area contributed by atoms with E-state index in [4.69, 9.17) is 4.74 Å². The highest BCUT2D eigenvalue weighted by Gasteiger charge is 2.27. The Bertz CT molecular complexity index is 464. The summed E-state index contributed by atoms with van der Waals surface area (Å²) in [4.78, 5) is 2.53. The SMILES string of the molecule is CCC1COC(C)CN1c1ccc(Br)cc1CNC(C)C. The average Bonchev–Trinajstić information content (AvgIpc) is 2.45. The van der Waals surface area contributed by atoms with Crippen molar-refractivity contribution >= 4 is 21.6 Å². The molecule has 3 nitrogen and oxygen atoms in total. The number of hydrogen-bond acceptors (Lipinski definition) is 3. The summed E-state index contributed by atoms with van der Waals surface area (Å²) in [6.07, 6.45) is 1.40. The Labute approximate surface area is 137 Å². The van der Waals surface area contributed by atoms with E-state index in [0.29, 0.717) is 18.2 Å². The molecular formula is C17H27BrN2O. The van der Waals surface area contributed by atoms with Gasteiger partial charge in [-0.2, -0.15) is 0 Å². The van der Waals surface area contributed by atoms with Crippen LogP contribution >= 0.6 is 15.9 Å². The van der Waals surface area contributed by atoms with Gasteiger partial charge in [-0.1, -0.05) is 36.7 Å². The van der Waals surface area contributed by atoms with E-state index in [1.54, 1.807) is 0 Å². The summed E-state index contributed by atoms with van der Waals surface area (Å²) < 4.78 is 6.97. The summed E-state index contributed by atoms with van der Waals surface area (Å²) in [5.74, 6) is 0. The number of morpholine rings is 1. The molecule has 1 fully saturated rings. The molecule has 118 valence electrons. The van der Waals surface area contributed by atoms with Crippen LogP contribution in [0.25, 0.3) is 0 Å². The molecule has 0 radical (unpaired) electrons. The Kier molecular flexibility index (Phi) is 6.08. The van der Waals surface area contributed by atoms with Crippen LogP contribution in [-0.4, -0.2) is 31.3 Å². The topological polar surface area (TPSA) is 24.5 Å². The van der Waals surface area contributed by atoms with Crippen molar-refractivity contribution in [2.75, 3.05) is 18.1 Å². The van der Waals surface area contributed by atoms with E-state index in [0.717, 1.165) is 30.6 Å². The number of nitrogens with one attached hydrogen (secondary N) is 1. The standard InChI is InChI=1S/C17H27BrN2O/c1-5-16-11-21-13(4)10-20(16)17-7-6-15(18)8-14(17)9-19-12(2)3/h6-8,12-13,16,19H,5,9-11H2,1-4H3. The minimum atomic E-state index is 0.294. The summed E-state index contributed by atoms with van der Waals surface area (Å²) in [6, 6.07) is 7.57. The molecule has 1 heterocycles. The fraction of sp³-hybridized carbons (Fsp3) is 0.647. The Hall–Kier alpha value is -0.580. The maximum absolute atomic E-state index is 5.83. The lowest BCUT2D eigenvalue weighted by Gasteiger charge is -2.41. The number of halogens is 1. The van der Waals surface area contributed by atoms with Crippen LogP contribution in [0.4, 0.5) is 5.69 Å². The van der Waals surface area contributed by atoms with Crippen molar-refractivity contribution < 1.29 is 4.74 Å². The summed E-state index contributed by atoms with van der Waals surface area (Å²) in [7, 11) is 0. The lowest BCUT2D eigenvalue weighted by molar-refractivity contribution is 0.0299. The highest BCUT2D eigenvalue weighted by Crippen LogP contribution is 2.29. The van der Waals surface area contributed by atoms with Crippen molar-refractivity contribution in [3.63, 3.8) is 0 Å². The highest BCUT2D eigenvalue weighted by molar-refractivity contribution is 9.10. The van der Waals surface area contributed by atoms with E-state index in [2.05, 4.69) is 72.0 Å². The van der Waals surface area contributed by atoms with Crippen LogP contribution in [0.2, 0.25) is 0 Å². The quantitative estimate of drug-likeness (QED) is 0.866. The summed E-state index contributed by atoms with van der Waals surface area (Å²) in [6.45, 7) is 11.5. The zero-order valence-electron chi connectivity index (χ0n) is 13.5. The van der Waals surface area contributed by atoms with Gasteiger partial charge in [-0.15, -0.1) is 0 Å². The fourth-order valence-corrected chi connectivity index (χ4v) is 3.18. The van der Waals surface area contributed by atoms with Crippen molar-refractivity contribution in [3.05, 3.63) is 28.2 Å². The van der Waals surface area contributed by atoms with Gasteiger partial charge in [0.05, 0.1) is 18.8 Å². The van der Waals surface area contributed by atoms with Gasteiger partial charge >= 0.3 is 0 Å². The Balaban J connectivity index is 2.27. The van der Waals surface area contributed by atoms with Crippen molar-refractivity contribution in [2.45, 2.75) is 58.8 Å². The molecule has 2 rings (SSSR count). The van der Waals surface area contributed by atoms with Crippen molar-refractivity contribution in [1.29, 1.82) is 0 Å². The van der Waals surface area contributed by atoms with Crippen LogP contribution in [0.1, 0.15) is 39.7 Å². The van der Waals surface area contributed by atoms with E-state index < -0.39 is 0 Å². The first kappa shape index (κ1) is 16.8. The molecule has 2 unspecified atom stereocenters. The molecule has 1 aromatic rings. The third-order valence-corrected chi connectivity index (χ3v) is 4.48. The van der Waals surface area contributed by atoms with Crippen molar-refractivity contribution in [2.24, 2.45) is 0 Å². The summed E-state index contributed by atoms with van der Waals surface area (Å²) >= 11 is 3.60. The zero-order chi connectivity index (χ0) is 15.4. The second-order valence-electron chi connectivity index (χ2n) is 6.17. The second kappa shape index (κ2) is 7.61. The third kappa shape index (κ3) is 4.44. The number of nitrogens with zero attached hydrogens (tertiary/aromatic N) is 1. The van der Waals surface area contributed by atoms with Gasteiger partial charge in [0.15, 0.2) is 0 Å². The molecule has 0 spiro atoms. The van der Waals surface area contributed by atoms with Gasteiger partial charge in [0.1, 0.15) is 0 Å². The Morgan fingerprint density at radius 2 is 2.19 bits per heavy atom. The van der Waals surface area contributed by atoms with Gasteiger partial charge in [-0.25, -0.2) is 0 Å². The summed E-state index contributed by atoms with van der Waals surface area (Å²) in [5.41, 5.74) is 2.69. The highest BCUT2D eigenvalue weighted by atomic mass is 79.9. The van der Waals surface area contributed by atoms with Crippen LogP contribution in [0.15, 0.2) is 22.7 Å². The molecule has 0 bridgehead atoms. The number of ether oxygens (including phenoxy) is 1. The van der Waals surface area contributed by atoms with E-state index in [1.165, 1.54) is 11.3 Å². The third-order valence-electron chi connectivity index (χ3n) is 3.99. The molecule has 0 amide bonds. The van der Waals surface area contributed by atoms with Gasteiger partial charge in [0.25, 0.3) is 0 Å². The fourth-order valence-electron chi connectivity index (χ4n) is 2.77. The molecule has 1 aliphatic rings. The molecule has 1 aromatic carbocycles. The molecule has 21 heavy (non-hydrogen) atoms. The van der Waals surface area contributed by atoms with Crippen molar-refractivity contribution in [3.8, 4) is 0 Å². The Morgan fingerprint density at radius 1 is 1.43 bits per heavy atom. The predicted molar refractivity (Wildman–Crippen MR) is 93.0 cm³/mol. The van der Waals surface area contributed by atoms with Gasteiger partial charge < -0.3 is 15.0 Å². The molecule has 4 heteroatoms. The van der Waals surface area contributed by atoms with Crippen LogP contribution in [-0.2, 0) is 11.3 Å². The first-order valence-corrected chi connectivity index (χ1v) is 8.70. The smallest absolute Gasteiger partial charge is 0.0723 e. The average molecular weight is 355 g/mol. The molecule has 1 aliphatic heterocycles. The molecular weight excluding hydrogens is 328 g/mol. The first-order chi connectivity index (χ1) is 10.0. The van der Waals surface area contributed by atoms with Crippen LogP contribution in [0.5, 0.6) is 0 Å². The van der Waals surface area contributed by atoms with E-state index in [1.807, 2.05) is 0 Å². The maximum Gasteiger partial charge on any atom is 0.0723 e. The molecule has 1 N–H and O–H groups in total. The molecule has 0 saturated carbocycles. The van der Waals surface area contributed by atoms with Crippen LogP contribution < -0.4 is 10.2 Å². The largest absolute Gasteiger partial charge is 0.375 e. The van der Waals surface area contributed by atoms with E-state index in [9.17, 15) is 0 Å². The summed E-state index contributed by atoms with van der Waals surface area (Å²) in [5, 5.41) is 3.53. The Morgan fingerprint density at radius 3 is 2.86 bits per heavy atom. The van der Waals surface area contributed by atoms with Gasteiger partial charge in [0.2, 0.25) is 0 Å². The zero-order valence-corrected chi connectivity index (χ0v) is 15.1. The minimum Gasteiger partial charge on any atom is -0.375 e. The van der Waals surface area contributed by atoms with Gasteiger partial charge in [-0.05, 0) is 37.1 Å².